The summed E-state index contributed by atoms with van der Waals surface area (Å²) >= 11 is 0. The Labute approximate surface area is 119 Å². The quantitative estimate of drug-likeness (QED) is 0.909. The molecule has 0 fully saturated rings. The molecule has 2 aromatic rings. The Morgan fingerprint density at radius 1 is 1.00 bits per heavy atom. The van der Waals surface area contributed by atoms with Crippen LogP contribution in [0.25, 0.3) is 11.1 Å². The second kappa shape index (κ2) is 4.70. The van der Waals surface area contributed by atoms with Gasteiger partial charge >= 0.3 is 11.9 Å². The molecule has 5 heteroatoms. The van der Waals surface area contributed by atoms with Gasteiger partial charge in [-0.15, -0.1) is 0 Å². The van der Waals surface area contributed by atoms with E-state index in [9.17, 15) is 14.0 Å². The number of aromatic carboxylic acids is 1. The van der Waals surface area contributed by atoms with Crippen LogP contribution in [0.4, 0.5) is 4.39 Å². The number of rotatable bonds is 3. The second-order valence-corrected chi connectivity index (χ2v) is 4.99. The van der Waals surface area contributed by atoms with Gasteiger partial charge in [0.25, 0.3) is 0 Å². The first-order valence-electron chi connectivity index (χ1n) is 6.36. The van der Waals surface area contributed by atoms with Crippen molar-refractivity contribution in [3.8, 4) is 11.1 Å². The number of carboxylic acid groups (broad SMARTS) is 2. The van der Waals surface area contributed by atoms with Crippen LogP contribution in [0.3, 0.4) is 0 Å². The van der Waals surface area contributed by atoms with Crippen LogP contribution in [0, 0.1) is 5.82 Å². The molecule has 1 aliphatic rings. The summed E-state index contributed by atoms with van der Waals surface area (Å²) < 4.78 is 13.5. The molecule has 0 saturated heterocycles. The van der Waals surface area contributed by atoms with Crippen molar-refractivity contribution in [1.82, 2.24) is 0 Å². The zero-order valence-corrected chi connectivity index (χ0v) is 10.8. The predicted octanol–water partition coefficient (Wildman–Crippen LogP) is 3.11. The van der Waals surface area contributed by atoms with Gasteiger partial charge in [0, 0.05) is 5.92 Å². The molecule has 0 bridgehead atoms. The van der Waals surface area contributed by atoms with E-state index < -0.39 is 23.7 Å². The number of aliphatic carboxylic acids is 1. The average molecular weight is 286 g/mol. The third-order valence-corrected chi connectivity index (χ3v) is 3.73. The van der Waals surface area contributed by atoms with E-state index >= 15 is 0 Å². The van der Waals surface area contributed by atoms with Crippen molar-refractivity contribution in [2.24, 2.45) is 0 Å². The highest BCUT2D eigenvalue weighted by molar-refractivity contribution is 5.91. The van der Waals surface area contributed by atoms with Crippen LogP contribution in [0.5, 0.6) is 0 Å². The molecule has 0 saturated carbocycles. The van der Waals surface area contributed by atoms with E-state index in [1.807, 2.05) is 0 Å². The van der Waals surface area contributed by atoms with Crippen molar-refractivity contribution < 1.29 is 24.2 Å². The van der Waals surface area contributed by atoms with Crippen molar-refractivity contribution in [3.05, 3.63) is 58.9 Å². The molecule has 0 aliphatic heterocycles. The Morgan fingerprint density at radius 3 is 2.24 bits per heavy atom. The lowest BCUT2D eigenvalue weighted by molar-refractivity contribution is -0.137. The molecule has 21 heavy (non-hydrogen) atoms. The monoisotopic (exact) mass is 286 g/mol. The Bertz CT molecular complexity index is 767. The van der Waals surface area contributed by atoms with Crippen LogP contribution < -0.4 is 0 Å². The maximum Gasteiger partial charge on any atom is 0.335 e. The number of halogens is 1. The van der Waals surface area contributed by atoms with Gasteiger partial charge in [0.2, 0.25) is 0 Å². The minimum atomic E-state index is -1.07. The Kier molecular flexibility index (Phi) is 2.97. The normalized spacial score (nSPS) is 15.4. The van der Waals surface area contributed by atoms with E-state index in [-0.39, 0.29) is 12.0 Å². The van der Waals surface area contributed by atoms with Gasteiger partial charge in [-0.2, -0.15) is 0 Å². The van der Waals surface area contributed by atoms with Gasteiger partial charge in [-0.05, 0) is 46.5 Å². The van der Waals surface area contributed by atoms with Crippen molar-refractivity contribution in [2.75, 3.05) is 0 Å². The maximum atomic E-state index is 13.5. The van der Waals surface area contributed by atoms with E-state index in [4.69, 9.17) is 10.2 Å². The number of hydrogen-bond donors (Lipinski definition) is 2. The lowest BCUT2D eigenvalue weighted by atomic mass is 9.92. The van der Waals surface area contributed by atoms with Crippen LogP contribution in [-0.4, -0.2) is 22.2 Å². The number of carbonyl (C=O) groups is 2. The van der Waals surface area contributed by atoms with Crippen molar-refractivity contribution in [3.63, 3.8) is 0 Å². The van der Waals surface area contributed by atoms with E-state index in [1.54, 1.807) is 12.1 Å². The van der Waals surface area contributed by atoms with Crippen LogP contribution in [-0.2, 0) is 4.79 Å². The van der Waals surface area contributed by atoms with E-state index in [0.29, 0.717) is 11.1 Å². The zero-order valence-electron chi connectivity index (χ0n) is 10.8. The molecule has 0 heterocycles. The summed E-state index contributed by atoms with van der Waals surface area (Å²) in [5.41, 5.74) is 2.83. The van der Waals surface area contributed by atoms with E-state index in [2.05, 4.69) is 0 Å². The lowest BCUT2D eigenvalue weighted by Crippen LogP contribution is -2.06. The molecule has 0 aromatic heterocycles. The summed E-state index contributed by atoms with van der Waals surface area (Å²) in [7, 11) is 0. The van der Waals surface area contributed by atoms with Gasteiger partial charge < -0.3 is 10.2 Å². The molecule has 0 amide bonds. The standard InChI is InChI=1S/C16H11FO4/c17-9-2-4-11-10-3-1-8(16(20)21)5-12(10)14(7-15(18)19)13(11)6-9/h1-6,14H,7H2,(H,18,19)(H,20,21). The molecule has 2 N–H and O–H groups in total. The molecular weight excluding hydrogens is 275 g/mol. The molecule has 0 radical (unpaired) electrons. The summed E-state index contributed by atoms with van der Waals surface area (Å²) in [4.78, 5) is 22.1. The maximum absolute atomic E-state index is 13.5. The van der Waals surface area contributed by atoms with Gasteiger partial charge in [0.15, 0.2) is 0 Å². The Hall–Kier alpha value is -2.69. The third-order valence-electron chi connectivity index (χ3n) is 3.73. The zero-order chi connectivity index (χ0) is 15.1. The first-order chi connectivity index (χ1) is 9.97. The summed E-state index contributed by atoms with van der Waals surface area (Å²) in [6.07, 6.45) is -0.202. The molecular formula is C16H11FO4. The number of carboxylic acids is 2. The molecule has 2 aromatic carbocycles. The Balaban J connectivity index is 2.21. The first kappa shape index (κ1) is 13.3. The van der Waals surface area contributed by atoms with E-state index in [0.717, 1.165) is 11.1 Å². The summed E-state index contributed by atoms with van der Waals surface area (Å²) in [6.45, 7) is 0. The van der Waals surface area contributed by atoms with Gasteiger partial charge in [-0.3, -0.25) is 4.79 Å². The fourth-order valence-electron chi connectivity index (χ4n) is 2.86. The summed E-state index contributed by atoms with van der Waals surface area (Å²) in [6, 6.07) is 8.84. The minimum Gasteiger partial charge on any atom is -0.481 e. The molecule has 4 nitrogen and oxygen atoms in total. The third kappa shape index (κ3) is 2.16. The fourth-order valence-corrected chi connectivity index (χ4v) is 2.86. The van der Waals surface area contributed by atoms with Gasteiger partial charge in [-0.1, -0.05) is 12.1 Å². The highest BCUT2D eigenvalue weighted by Gasteiger charge is 2.31. The van der Waals surface area contributed by atoms with Crippen LogP contribution in [0.15, 0.2) is 36.4 Å². The molecule has 1 aliphatic carbocycles. The molecule has 3 rings (SSSR count). The largest absolute Gasteiger partial charge is 0.481 e. The summed E-state index contributed by atoms with van der Waals surface area (Å²) in [5, 5.41) is 18.1. The highest BCUT2D eigenvalue weighted by atomic mass is 19.1. The van der Waals surface area contributed by atoms with Crippen LogP contribution >= 0.6 is 0 Å². The van der Waals surface area contributed by atoms with Crippen LogP contribution in [0.1, 0.15) is 33.8 Å². The van der Waals surface area contributed by atoms with Gasteiger partial charge in [0.1, 0.15) is 5.82 Å². The number of fused-ring (bicyclic) bond motifs is 3. The topological polar surface area (TPSA) is 74.6 Å². The highest BCUT2D eigenvalue weighted by Crippen LogP contribution is 2.46. The lowest BCUT2D eigenvalue weighted by Gasteiger charge is -2.11. The molecule has 0 spiro atoms. The van der Waals surface area contributed by atoms with Crippen molar-refractivity contribution in [1.29, 1.82) is 0 Å². The van der Waals surface area contributed by atoms with Crippen molar-refractivity contribution >= 4 is 11.9 Å². The average Bonchev–Trinajstić information content (AvgIpc) is 2.71. The predicted molar refractivity (Wildman–Crippen MR) is 72.9 cm³/mol. The molecule has 1 atom stereocenters. The summed E-state index contributed by atoms with van der Waals surface area (Å²) in [5.74, 6) is -3.05. The van der Waals surface area contributed by atoms with Gasteiger partial charge in [-0.25, -0.2) is 9.18 Å². The molecule has 106 valence electrons. The fraction of sp³-hybridized carbons (Fsp3) is 0.125. The van der Waals surface area contributed by atoms with Crippen LogP contribution in [0.2, 0.25) is 0 Å². The first-order valence-corrected chi connectivity index (χ1v) is 6.36. The Morgan fingerprint density at radius 2 is 1.62 bits per heavy atom. The SMILES string of the molecule is O=C(O)CC1c2cc(F)ccc2-c2ccc(C(=O)O)cc21. The minimum absolute atomic E-state index is 0.0948. The smallest absolute Gasteiger partial charge is 0.335 e. The van der Waals surface area contributed by atoms with Gasteiger partial charge in [0.05, 0.1) is 12.0 Å². The van der Waals surface area contributed by atoms with E-state index in [1.165, 1.54) is 24.3 Å². The number of benzene rings is 2. The van der Waals surface area contributed by atoms with Crippen molar-refractivity contribution in [2.45, 2.75) is 12.3 Å². The number of hydrogen-bond acceptors (Lipinski definition) is 2. The second-order valence-electron chi connectivity index (χ2n) is 4.99. The molecule has 1 unspecified atom stereocenters.